The van der Waals surface area contributed by atoms with Crippen LogP contribution in [0.25, 0.3) is 20.2 Å². The zero-order valence-electron chi connectivity index (χ0n) is 11.6. The predicted molar refractivity (Wildman–Crippen MR) is 85.5 cm³/mol. The summed E-state index contributed by atoms with van der Waals surface area (Å²) in [6, 6.07) is 13.8. The van der Waals surface area contributed by atoms with Gasteiger partial charge in [-0.2, -0.15) is 0 Å². The standard InChI is InChI=1S/C17H16O2S/c1-11(2)19-10-12-7-8-16-14(9-12)17(18)13-5-3-4-6-15(13)20-16/h3-9,11H,10H2,1-2H3. The quantitative estimate of drug-likeness (QED) is 0.669. The van der Waals surface area contributed by atoms with Gasteiger partial charge in [0.1, 0.15) is 0 Å². The largest absolute Gasteiger partial charge is 0.374 e. The van der Waals surface area contributed by atoms with E-state index in [0.717, 1.165) is 25.7 Å². The van der Waals surface area contributed by atoms with Crippen LogP contribution in [-0.2, 0) is 11.3 Å². The first-order valence-corrected chi connectivity index (χ1v) is 7.53. The highest BCUT2D eigenvalue weighted by molar-refractivity contribution is 7.24. The Morgan fingerprint density at radius 1 is 1.05 bits per heavy atom. The summed E-state index contributed by atoms with van der Waals surface area (Å²) in [5.41, 5.74) is 1.16. The van der Waals surface area contributed by atoms with Gasteiger partial charge in [-0.3, -0.25) is 4.79 Å². The van der Waals surface area contributed by atoms with Gasteiger partial charge in [0.25, 0.3) is 0 Å². The lowest BCUT2D eigenvalue weighted by Crippen LogP contribution is -2.04. The van der Waals surface area contributed by atoms with Crippen molar-refractivity contribution in [2.75, 3.05) is 0 Å². The van der Waals surface area contributed by atoms with Crippen LogP contribution in [0, 0.1) is 0 Å². The van der Waals surface area contributed by atoms with E-state index in [1.807, 2.05) is 56.3 Å². The molecule has 2 aromatic carbocycles. The van der Waals surface area contributed by atoms with Gasteiger partial charge in [0.05, 0.1) is 12.7 Å². The van der Waals surface area contributed by atoms with E-state index in [1.165, 1.54) is 0 Å². The van der Waals surface area contributed by atoms with Gasteiger partial charge in [0, 0.05) is 20.2 Å². The van der Waals surface area contributed by atoms with Crippen LogP contribution in [0.2, 0.25) is 0 Å². The van der Waals surface area contributed by atoms with E-state index in [1.54, 1.807) is 11.3 Å². The van der Waals surface area contributed by atoms with E-state index < -0.39 is 0 Å². The maximum Gasteiger partial charge on any atom is 0.195 e. The van der Waals surface area contributed by atoms with Crippen molar-refractivity contribution in [3.05, 3.63) is 58.3 Å². The topological polar surface area (TPSA) is 26.3 Å². The molecule has 0 radical (unpaired) electrons. The molecule has 1 aromatic heterocycles. The van der Waals surface area contributed by atoms with Crippen molar-refractivity contribution in [1.29, 1.82) is 0 Å². The van der Waals surface area contributed by atoms with E-state index in [0.29, 0.717) is 6.61 Å². The third-order valence-electron chi connectivity index (χ3n) is 3.22. The van der Waals surface area contributed by atoms with Crippen LogP contribution in [0.1, 0.15) is 19.4 Å². The first-order valence-electron chi connectivity index (χ1n) is 6.71. The lowest BCUT2D eigenvalue weighted by Gasteiger charge is -2.08. The molecule has 20 heavy (non-hydrogen) atoms. The molecule has 3 heteroatoms. The summed E-state index contributed by atoms with van der Waals surface area (Å²) in [6.45, 7) is 4.57. The molecule has 0 aliphatic rings. The van der Waals surface area contributed by atoms with Gasteiger partial charge >= 0.3 is 0 Å². The molecule has 2 nitrogen and oxygen atoms in total. The van der Waals surface area contributed by atoms with Crippen molar-refractivity contribution < 1.29 is 4.74 Å². The zero-order chi connectivity index (χ0) is 14.1. The van der Waals surface area contributed by atoms with Crippen molar-refractivity contribution in [1.82, 2.24) is 0 Å². The Labute approximate surface area is 121 Å². The molecule has 0 aliphatic carbocycles. The maximum absolute atomic E-state index is 12.5. The second-order valence-electron chi connectivity index (χ2n) is 5.12. The Morgan fingerprint density at radius 3 is 2.60 bits per heavy atom. The third kappa shape index (κ3) is 2.47. The van der Waals surface area contributed by atoms with Gasteiger partial charge in [-0.05, 0) is 43.7 Å². The molecule has 0 aliphatic heterocycles. The van der Waals surface area contributed by atoms with Crippen LogP contribution in [0.15, 0.2) is 47.3 Å². The maximum atomic E-state index is 12.5. The van der Waals surface area contributed by atoms with E-state index in [-0.39, 0.29) is 11.5 Å². The Hall–Kier alpha value is -1.71. The second kappa shape index (κ2) is 5.35. The minimum absolute atomic E-state index is 0.112. The molecule has 3 rings (SSSR count). The third-order valence-corrected chi connectivity index (χ3v) is 4.38. The minimum atomic E-state index is 0.112. The molecule has 0 bridgehead atoms. The summed E-state index contributed by atoms with van der Waals surface area (Å²) in [5.74, 6) is 0. The fourth-order valence-electron chi connectivity index (χ4n) is 2.20. The molecule has 0 N–H and O–H groups in total. The van der Waals surface area contributed by atoms with Crippen LogP contribution < -0.4 is 5.43 Å². The minimum Gasteiger partial charge on any atom is -0.374 e. The Balaban J connectivity index is 2.16. The highest BCUT2D eigenvalue weighted by Crippen LogP contribution is 2.25. The predicted octanol–water partition coefficient (Wildman–Crippen LogP) is 4.34. The van der Waals surface area contributed by atoms with Gasteiger partial charge in [0.15, 0.2) is 5.43 Å². The van der Waals surface area contributed by atoms with E-state index in [4.69, 9.17) is 4.74 Å². The van der Waals surface area contributed by atoms with Crippen LogP contribution in [0.4, 0.5) is 0 Å². The first-order chi connectivity index (χ1) is 9.65. The SMILES string of the molecule is CC(C)OCc1ccc2sc3ccccc3c(=O)c2c1. The van der Waals surface area contributed by atoms with E-state index in [2.05, 4.69) is 0 Å². The summed E-state index contributed by atoms with van der Waals surface area (Å²) < 4.78 is 7.67. The van der Waals surface area contributed by atoms with Crippen molar-refractivity contribution >= 4 is 31.5 Å². The highest BCUT2D eigenvalue weighted by Gasteiger charge is 2.06. The van der Waals surface area contributed by atoms with Crippen molar-refractivity contribution in [3.63, 3.8) is 0 Å². The Bertz CT molecular complexity index is 818. The molecule has 0 atom stereocenters. The molecule has 102 valence electrons. The number of rotatable bonds is 3. The normalized spacial score (nSPS) is 11.6. The van der Waals surface area contributed by atoms with Crippen molar-refractivity contribution in [2.45, 2.75) is 26.6 Å². The fourth-order valence-corrected chi connectivity index (χ4v) is 3.25. The average molecular weight is 284 g/mol. The molecule has 0 saturated heterocycles. The summed E-state index contributed by atoms with van der Waals surface area (Å²) >= 11 is 1.66. The summed E-state index contributed by atoms with van der Waals surface area (Å²) in [7, 11) is 0. The van der Waals surface area contributed by atoms with Gasteiger partial charge in [-0.1, -0.05) is 18.2 Å². The second-order valence-corrected chi connectivity index (χ2v) is 6.20. The van der Waals surface area contributed by atoms with Crippen LogP contribution in [0.5, 0.6) is 0 Å². The summed E-state index contributed by atoms with van der Waals surface area (Å²) in [5, 5.41) is 1.59. The number of benzene rings is 2. The van der Waals surface area contributed by atoms with Gasteiger partial charge < -0.3 is 4.74 Å². The van der Waals surface area contributed by atoms with Gasteiger partial charge in [0.2, 0.25) is 0 Å². The molecule has 3 aromatic rings. The monoisotopic (exact) mass is 284 g/mol. The van der Waals surface area contributed by atoms with E-state index >= 15 is 0 Å². The molecule has 0 amide bonds. The molecule has 0 spiro atoms. The average Bonchev–Trinajstić information content (AvgIpc) is 2.46. The lowest BCUT2D eigenvalue weighted by molar-refractivity contribution is 0.0658. The number of fused-ring (bicyclic) bond motifs is 2. The lowest BCUT2D eigenvalue weighted by atomic mass is 10.1. The van der Waals surface area contributed by atoms with Crippen LogP contribution in [0.3, 0.4) is 0 Å². The summed E-state index contributed by atoms with van der Waals surface area (Å²) in [6.07, 6.45) is 0.192. The Morgan fingerprint density at radius 2 is 1.80 bits per heavy atom. The van der Waals surface area contributed by atoms with Crippen LogP contribution >= 0.6 is 11.3 Å². The van der Waals surface area contributed by atoms with Gasteiger partial charge in [-0.25, -0.2) is 0 Å². The van der Waals surface area contributed by atoms with Crippen LogP contribution in [-0.4, -0.2) is 6.10 Å². The summed E-state index contributed by atoms with van der Waals surface area (Å²) in [4.78, 5) is 12.5. The molecule has 1 heterocycles. The molecule has 0 saturated carbocycles. The number of ether oxygens (including phenoxy) is 1. The number of hydrogen-bond acceptors (Lipinski definition) is 3. The first kappa shape index (κ1) is 13.3. The van der Waals surface area contributed by atoms with Gasteiger partial charge in [-0.15, -0.1) is 11.3 Å². The molecular formula is C17H16O2S. The van der Waals surface area contributed by atoms with E-state index in [9.17, 15) is 4.79 Å². The Kier molecular flexibility index (Phi) is 3.55. The molecule has 0 unspecified atom stereocenters. The number of hydrogen-bond donors (Lipinski definition) is 0. The van der Waals surface area contributed by atoms with Crippen molar-refractivity contribution in [2.24, 2.45) is 0 Å². The zero-order valence-corrected chi connectivity index (χ0v) is 12.4. The smallest absolute Gasteiger partial charge is 0.195 e. The highest BCUT2D eigenvalue weighted by atomic mass is 32.1. The molecule has 0 fully saturated rings. The molecular weight excluding hydrogens is 268 g/mol. The van der Waals surface area contributed by atoms with Crippen molar-refractivity contribution in [3.8, 4) is 0 Å². The fraction of sp³-hybridized carbons (Fsp3) is 0.235.